The number of ether oxygens (including phenoxy) is 1. The number of nitrogens with zero attached hydrogens (tertiary/aromatic N) is 1. The van der Waals surface area contributed by atoms with Crippen LogP contribution in [0.5, 0.6) is 5.75 Å². The molecule has 1 N–H and O–H groups in total. The van der Waals surface area contributed by atoms with Crippen molar-refractivity contribution in [2.24, 2.45) is 0 Å². The van der Waals surface area contributed by atoms with Crippen LogP contribution in [0.4, 0.5) is 0 Å². The van der Waals surface area contributed by atoms with E-state index in [0.717, 1.165) is 17.9 Å². The van der Waals surface area contributed by atoms with E-state index >= 15 is 0 Å². The first-order chi connectivity index (χ1) is 13.0. The maximum Gasteiger partial charge on any atom is 0.220 e. The van der Waals surface area contributed by atoms with Gasteiger partial charge in [0.2, 0.25) is 5.91 Å². The molecule has 144 valence electrons. The number of benzene rings is 2. The third-order valence-corrected chi connectivity index (χ3v) is 4.08. The van der Waals surface area contributed by atoms with Crippen LogP contribution < -0.4 is 10.1 Å². The van der Waals surface area contributed by atoms with Crippen molar-refractivity contribution in [1.82, 2.24) is 10.2 Å². The minimum atomic E-state index is -0.119. The maximum atomic E-state index is 12.2. The molecule has 0 atom stereocenters. The molecular formula is C22H28N2O3. The zero-order valence-electron chi connectivity index (χ0n) is 16.3. The molecule has 27 heavy (non-hydrogen) atoms. The zero-order valence-corrected chi connectivity index (χ0v) is 16.3. The van der Waals surface area contributed by atoms with Crippen LogP contribution in [0.3, 0.4) is 0 Å². The standard InChI is InChI=1S/C22H28N2O3/c1-4-27-20-11-9-19(10-12-20)21(25)13-14-22(26)23-15-17-5-7-18(8-6-17)16-24(2)3/h5-12H,4,13-16H2,1-3H3,(H,23,26). The molecule has 0 unspecified atom stereocenters. The van der Waals surface area contributed by atoms with E-state index in [9.17, 15) is 9.59 Å². The number of hydrogen-bond acceptors (Lipinski definition) is 4. The van der Waals surface area contributed by atoms with E-state index in [0.29, 0.717) is 18.7 Å². The highest BCUT2D eigenvalue weighted by molar-refractivity contribution is 5.98. The Morgan fingerprint density at radius 2 is 1.56 bits per heavy atom. The largest absolute Gasteiger partial charge is 0.494 e. The summed E-state index contributed by atoms with van der Waals surface area (Å²) in [6.45, 7) is 3.86. The average Bonchev–Trinajstić information content (AvgIpc) is 2.66. The molecule has 0 bridgehead atoms. The van der Waals surface area contributed by atoms with Crippen LogP contribution in [0.2, 0.25) is 0 Å². The summed E-state index contributed by atoms with van der Waals surface area (Å²) in [4.78, 5) is 26.3. The average molecular weight is 368 g/mol. The third-order valence-electron chi connectivity index (χ3n) is 4.08. The molecule has 0 radical (unpaired) electrons. The molecular weight excluding hydrogens is 340 g/mol. The fraction of sp³-hybridized carbons (Fsp3) is 0.364. The first-order valence-corrected chi connectivity index (χ1v) is 9.23. The Bertz CT molecular complexity index is 737. The van der Waals surface area contributed by atoms with E-state index in [-0.39, 0.29) is 24.5 Å². The van der Waals surface area contributed by atoms with Gasteiger partial charge in [0.25, 0.3) is 0 Å². The summed E-state index contributed by atoms with van der Waals surface area (Å²) in [5.41, 5.74) is 2.88. The van der Waals surface area contributed by atoms with Crippen LogP contribution in [0.15, 0.2) is 48.5 Å². The maximum absolute atomic E-state index is 12.2. The monoisotopic (exact) mass is 368 g/mol. The lowest BCUT2D eigenvalue weighted by Gasteiger charge is -2.10. The van der Waals surface area contributed by atoms with Gasteiger partial charge in [-0.3, -0.25) is 9.59 Å². The van der Waals surface area contributed by atoms with Crippen LogP contribution in [0.1, 0.15) is 41.3 Å². The van der Waals surface area contributed by atoms with Crippen LogP contribution in [0.25, 0.3) is 0 Å². The summed E-state index contributed by atoms with van der Waals surface area (Å²) in [7, 11) is 4.06. The molecule has 0 saturated heterocycles. The van der Waals surface area contributed by atoms with E-state index in [4.69, 9.17) is 4.74 Å². The summed E-state index contributed by atoms with van der Waals surface area (Å²) >= 11 is 0. The quantitative estimate of drug-likeness (QED) is 0.653. The van der Waals surface area contributed by atoms with Gasteiger partial charge in [0.15, 0.2) is 5.78 Å². The van der Waals surface area contributed by atoms with Gasteiger partial charge in [-0.2, -0.15) is 0 Å². The van der Waals surface area contributed by atoms with Crippen molar-refractivity contribution in [3.63, 3.8) is 0 Å². The molecule has 5 heteroatoms. The van der Waals surface area contributed by atoms with Gasteiger partial charge < -0.3 is 15.0 Å². The van der Waals surface area contributed by atoms with Crippen LogP contribution >= 0.6 is 0 Å². The Morgan fingerprint density at radius 1 is 0.926 bits per heavy atom. The van der Waals surface area contributed by atoms with Gasteiger partial charge in [0.05, 0.1) is 6.61 Å². The van der Waals surface area contributed by atoms with Crippen LogP contribution in [-0.4, -0.2) is 37.3 Å². The minimum absolute atomic E-state index is 0.0405. The number of amides is 1. The number of nitrogens with one attached hydrogen (secondary N) is 1. The molecule has 2 aromatic carbocycles. The van der Waals surface area contributed by atoms with Crippen LogP contribution in [-0.2, 0) is 17.9 Å². The predicted octanol–water partition coefficient (Wildman–Crippen LogP) is 3.43. The molecule has 2 rings (SSSR count). The Morgan fingerprint density at radius 3 is 2.15 bits per heavy atom. The Hall–Kier alpha value is -2.66. The van der Waals surface area contributed by atoms with E-state index in [1.165, 1.54) is 5.56 Å². The van der Waals surface area contributed by atoms with E-state index < -0.39 is 0 Å². The fourth-order valence-corrected chi connectivity index (χ4v) is 2.69. The SMILES string of the molecule is CCOc1ccc(C(=O)CCC(=O)NCc2ccc(CN(C)C)cc2)cc1. The number of carbonyl (C=O) groups excluding carboxylic acids is 2. The van der Waals surface area contributed by atoms with Crippen LogP contribution in [0, 0.1) is 0 Å². The highest BCUT2D eigenvalue weighted by Gasteiger charge is 2.09. The lowest BCUT2D eigenvalue weighted by Crippen LogP contribution is -2.23. The van der Waals surface area contributed by atoms with E-state index in [2.05, 4.69) is 22.3 Å². The molecule has 2 aromatic rings. The highest BCUT2D eigenvalue weighted by Crippen LogP contribution is 2.14. The Balaban J connectivity index is 1.74. The second-order valence-electron chi connectivity index (χ2n) is 6.71. The Kier molecular flexibility index (Phi) is 8.01. The van der Waals surface area contributed by atoms with Crippen molar-refractivity contribution in [3.8, 4) is 5.75 Å². The minimum Gasteiger partial charge on any atom is -0.494 e. The molecule has 0 fully saturated rings. The highest BCUT2D eigenvalue weighted by atomic mass is 16.5. The van der Waals surface area contributed by atoms with Crippen molar-refractivity contribution < 1.29 is 14.3 Å². The number of Topliss-reactive ketones (excluding diaryl/α,β-unsaturated/α-hetero) is 1. The van der Waals surface area contributed by atoms with Gasteiger partial charge in [-0.15, -0.1) is 0 Å². The number of ketones is 1. The molecule has 0 saturated carbocycles. The summed E-state index contributed by atoms with van der Waals surface area (Å²) in [6.07, 6.45) is 0.381. The molecule has 0 aromatic heterocycles. The van der Waals surface area contributed by atoms with Gasteiger partial charge in [-0.1, -0.05) is 24.3 Å². The number of carbonyl (C=O) groups is 2. The summed E-state index contributed by atoms with van der Waals surface area (Å²) < 4.78 is 5.36. The fourth-order valence-electron chi connectivity index (χ4n) is 2.69. The second-order valence-corrected chi connectivity index (χ2v) is 6.71. The normalized spacial score (nSPS) is 10.7. The van der Waals surface area contributed by atoms with Gasteiger partial charge in [0.1, 0.15) is 5.75 Å². The van der Waals surface area contributed by atoms with Gasteiger partial charge >= 0.3 is 0 Å². The van der Waals surface area contributed by atoms with Crippen molar-refractivity contribution in [2.75, 3.05) is 20.7 Å². The summed E-state index contributed by atoms with van der Waals surface area (Å²) in [5, 5.41) is 2.87. The number of rotatable bonds is 10. The lowest BCUT2D eigenvalue weighted by molar-refractivity contribution is -0.121. The molecule has 0 spiro atoms. The molecule has 5 nitrogen and oxygen atoms in total. The summed E-state index contributed by atoms with van der Waals surface area (Å²) in [5.74, 6) is 0.580. The molecule has 0 aliphatic carbocycles. The second kappa shape index (κ2) is 10.5. The Labute approximate surface area is 161 Å². The van der Waals surface area contributed by atoms with Gasteiger partial charge in [-0.05, 0) is 56.4 Å². The summed E-state index contributed by atoms with van der Waals surface area (Å²) in [6, 6.07) is 15.2. The first-order valence-electron chi connectivity index (χ1n) is 9.23. The zero-order chi connectivity index (χ0) is 19.6. The topological polar surface area (TPSA) is 58.6 Å². The van der Waals surface area contributed by atoms with Gasteiger partial charge in [-0.25, -0.2) is 0 Å². The third kappa shape index (κ3) is 7.23. The number of hydrogen-bond donors (Lipinski definition) is 1. The van der Waals surface area contributed by atoms with Crippen molar-refractivity contribution >= 4 is 11.7 Å². The van der Waals surface area contributed by atoms with E-state index in [1.807, 2.05) is 33.2 Å². The lowest BCUT2D eigenvalue weighted by atomic mass is 10.1. The van der Waals surface area contributed by atoms with Crippen molar-refractivity contribution in [3.05, 3.63) is 65.2 Å². The molecule has 1 amide bonds. The first kappa shape index (κ1) is 20.6. The van der Waals surface area contributed by atoms with Gasteiger partial charge in [0, 0.05) is 31.5 Å². The van der Waals surface area contributed by atoms with Crippen molar-refractivity contribution in [1.29, 1.82) is 0 Å². The molecule has 0 heterocycles. The predicted molar refractivity (Wildman–Crippen MR) is 107 cm³/mol. The smallest absolute Gasteiger partial charge is 0.220 e. The molecule has 0 aliphatic heterocycles. The van der Waals surface area contributed by atoms with E-state index in [1.54, 1.807) is 24.3 Å². The van der Waals surface area contributed by atoms with Crippen molar-refractivity contribution in [2.45, 2.75) is 32.9 Å². The molecule has 0 aliphatic rings.